The Bertz CT molecular complexity index is 398. The van der Waals surface area contributed by atoms with Gasteiger partial charge in [0.15, 0.2) is 0 Å². The van der Waals surface area contributed by atoms with Crippen molar-refractivity contribution in [2.75, 3.05) is 0 Å². The van der Waals surface area contributed by atoms with Crippen LogP contribution in [0.4, 0.5) is 4.79 Å². The molecule has 1 unspecified atom stereocenters. The van der Waals surface area contributed by atoms with Gasteiger partial charge in [0.1, 0.15) is 0 Å². The molecule has 0 bridgehead atoms. The Morgan fingerprint density at radius 1 is 1.47 bits per heavy atom. The molecule has 1 atom stereocenters. The minimum atomic E-state index is -4.53. The average molecular weight is 337 g/mol. The summed E-state index contributed by atoms with van der Waals surface area (Å²) in [4.78, 5) is 19.7. The van der Waals surface area contributed by atoms with Crippen LogP contribution in [0.25, 0.3) is 0 Å². The minimum absolute atomic E-state index is 1.30. The van der Waals surface area contributed by atoms with Crippen molar-refractivity contribution in [3.05, 3.63) is 0 Å². The fourth-order valence-electron chi connectivity index (χ4n) is 0.348. The summed E-state index contributed by atoms with van der Waals surface area (Å²) in [6.45, 7) is -3.58. The third-order valence-electron chi connectivity index (χ3n) is 0.794. The molecule has 90 valence electrons. The monoisotopic (exact) mass is 335 g/mol. The Morgan fingerprint density at radius 3 is 2.13 bits per heavy atom. The first kappa shape index (κ1) is 15.7. The molecule has 5 N–H and O–H groups in total. The standard InChI is InChI=1S/C2H5Cl3N3O4PS2/c3-2(4,5)15(11,12)8-1(9)7-13(6,10)14/h(H5,6,7,8,9,10,14). The van der Waals surface area contributed by atoms with Crippen LogP contribution in [-0.4, -0.2) is 22.5 Å². The maximum atomic E-state index is 11.0. The predicted molar refractivity (Wildman–Crippen MR) is 61.6 cm³/mol. The largest absolute Gasteiger partial charge is 0.339 e. The maximum Gasteiger partial charge on any atom is 0.334 e. The molecule has 13 heteroatoms. The number of alkyl halides is 3. The van der Waals surface area contributed by atoms with Crippen molar-refractivity contribution in [1.29, 1.82) is 0 Å². The molecule has 0 aliphatic carbocycles. The highest BCUT2D eigenvalue weighted by Gasteiger charge is 2.39. The SMILES string of the molecule is NP(O)(=S)NC(=O)NS(=O)(=O)C(Cl)(Cl)Cl. The lowest BCUT2D eigenvalue weighted by Gasteiger charge is -2.15. The van der Waals surface area contributed by atoms with Crippen LogP contribution in [0.3, 0.4) is 0 Å². The molecule has 0 fully saturated rings. The number of halogens is 3. The van der Waals surface area contributed by atoms with Gasteiger partial charge in [0.25, 0.3) is 10.0 Å². The van der Waals surface area contributed by atoms with Gasteiger partial charge in [0.2, 0.25) is 6.57 Å². The second-order valence-electron chi connectivity index (χ2n) is 2.12. The first-order chi connectivity index (χ1) is 6.35. The van der Waals surface area contributed by atoms with E-state index in [1.165, 1.54) is 4.72 Å². The second-order valence-corrected chi connectivity index (χ2v) is 10.0. The van der Waals surface area contributed by atoms with Crippen molar-refractivity contribution in [3.8, 4) is 0 Å². The number of hydrogen-bond donors (Lipinski definition) is 4. The Morgan fingerprint density at radius 2 is 1.87 bits per heavy atom. The highest BCUT2D eigenvalue weighted by molar-refractivity contribution is 8.10. The number of sulfonamides is 1. The summed E-state index contributed by atoms with van der Waals surface area (Å²) in [5.41, 5.74) is 4.88. The topological polar surface area (TPSA) is 122 Å². The fraction of sp³-hybridized carbons (Fsp3) is 0.500. The smallest absolute Gasteiger partial charge is 0.334 e. The van der Waals surface area contributed by atoms with E-state index in [1.807, 2.05) is 0 Å². The number of nitrogens with one attached hydrogen (secondary N) is 2. The summed E-state index contributed by atoms with van der Waals surface area (Å²) in [6.07, 6.45) is 0. The van der Waals surface area contributed by atoms with E-state index in [9.17, 15) is 13.2 Å². The molecule has 0 aromatic heterocycles. The highest BCUT2D eigenvalue weighted by Crippen LogP contribution is 2.32. The predicted octanol–water partition coefficient (Wildman–Crippen LogP) is 0.119. The molecule has 0 radical (unpaired) electrons. The Labute approximate surface area is 105 Å². The van der Waals surface area contributed by atoms with Crippen LogP contribution >= 0.6 is 41.4 Å². The van der Waals surface area contributed by atoms with Gasteiger partial charge in [-0.15, -0.1) is 0 Å². The number of rotatable bonds is 2. The van der Waals surface area contributed by atoms with E-state index < -0.39 is 25.7 Å². The van der Waals surface area contributed by atoms with Crippen LogP contribution in [0, 0.1) is 0 Å². The van der Waals surface area contributed by atoms with E-state index in [0.29, 0.717) is 0 Å². The number of hydrogen-bond acceptors (Lipinski definition) is 4. The van der Waals surface area contributed by atoms with E-state index in [4.69, 9.17) is 45.2 Å². The molecule has 0 aromatic carbocycles. The van der Waals surface area contributed by atoms with E-state index >= 15 is 0 Å². The van der Waals surface area contributed by atoms with Gasteiger partial charge in [-0.05, 0) is 11.8 Å². The Kier molecular flexibility index (Phi) is 5.10. The van der Waals surface area contributed by atoms with Crippen molar-refractivity contribution < 1.29 is 18.1 Å². The Balaban J connectivity index is 4.66. The second kappa shape index (κ2) is 4.89. The minimum Gasteiger partial charge on any atom is -0.339 e. The van der Waals surface area contributed by atoms with Gasteiger partial charge in [-0.3, -0.25) is 10.6 Å². The van der Waals surface area contributed by atoms with Crippen molar-refractivity contribution in [1.82, 2.24) is 9.81 Å². The number of amides is 2. The van der Waals surface area contributed by atoms with Gasteiger partial charge in [-0.2, -0.15) is 0 Å². The average Bonchev–Trinajstić information content (AvgIpc) is 1.75. The third kappa shape index (κ3) is 6.08. The molecule has 0 heterocycles. The lowest BCUT2D eigenvalue weighted by molar-refractivity contribution is 0.250. The van der Waals surface area contributed by atoms with Crippen LogP contribution in [0.15, 0.2) is 0 Å². The highest BCUT2D eigenvalue weighted by atomic mass is 35.6. The molecule has 2 amide bonds. The number of carbonyl (C=O) groups is 1. The lowest BCUT2D eigenvalue weighted by Crippen LogP contribution is -2.43. The van der Waals surface area contributed by atoms with E-state index in [1.54, 1.807) is 5.09 Å². The van der Waals surface area contributed by atoms with Gasteiger partial charge in [-0.1, -0.05) is 34.8 Å². The number of nitrogens with two attached hydrogens (primary N) is 1. The third-order valence-corrected chi connectivity index (χ3v) is 4.48. The van der Waals surface area contributed by atoms with Gasteiger partial charge in [0.05, 0.1) is 0 Å². The molecule has 0 saturated carbocycles. The van der Waals surface area contributed by atoms with Gasteiger partial charge >= 0.3 is 9.16 Å². The molecule has 0 spiro atoms. The zero-order chi connectivity index (χ0) is 12.5. The molecule has 0 rings (SSSR count). The molecule has 7 nitrogen and oxygen atoms in total. The molecule has 0 aromatic rings. The lowest BCUT2D eigenvalue weighted by atomic mass is 11.2. The molecule has 0 aliphatic rings. The zero-order valence-corrected chi connectivity index (χ0v) is 11.4. The number of carbonyl (C=O) groups excluding carboxylic acids is 1. The van der Waals surface area contributed by atoms with Crippen molar-refractivity contribution >= 4 is 69.2 Å². The van der Waals surface area contributed by atoms with Gasteiger partial charge < -0.3 is 4.89 Å². The van der Waals surface area contributed by atoms with Crippen molar-refractivity contribution in [2.24, 2.45) is 5.50 Å². The van der Waals surface area contributed by atoms with Crippen LogP contribution < -0.4 is 15.3 Å². The molecular formula is C2H5Cl3N3O4PS2. The summed E-state index contributed by atoms with van der Waals surface area (Å²) in [7, 11) is -4.53. The van der Waals surface area contributed by atoms with E-state index in [-0.39, 0.29) is 0 Å². The summed E-state index contributed by atoms with van der Waals surface area (Å²) >= 11 is 19.3. The van der Waals surface area contributed by atoms with Crippen LogP contribution in [0.1, 0.15) is 0 Å². The molecule has 15 heavy (non-hydrogen) atoms. The van der Waals surface area contributed by atoms with Crippen LogP contribution in [0.5, 0.6) is 0 Å². The fourth-order valence-corrected chi connectivity index (χ4v) is 1.78. The van der Waals surface area contributed by atoms with Crippen LogP contribution in [-0.2, 0) is 21.8 Å². The molecule has 0 aliphatic heterocycles. The quantitative estimate of drug-likeness (QED) is 0.420. The Hall–Kier alpha value is 0.660. The van der Waals surface area contributed by atoms with Gasteiger partial charge in [-0.25, -0.2) is 17.9 Å². The normalized spacial score (nSPS) is 16.6. The van der Waals surface area contributed by atoms with E-state index in [0.717, 1.165) is 0 Å². The van der Waals surface area contributed by atoms with Gasteiger partial charge in [0, 0.05) is 0 Å². The van der Waals surface area contributed by atoms with Crippen molar-refractivity contribution in [3.63, 3.8) is 0 Å². The summed E-state index contributed by atoms with van der Waals surface area (Å²) in [5.74, 6) is 0. The summed E-state index contributed by atoms with van der Waals surface area (Å²) < 4.78 is 20.6. The first-order valence-electron chi connectivity index (χ1n) is 2.88. The zero-order valence-electron chi connectivity index (χ0n) is 6.65. The summed E-state index contributed by atoms with van der Waals surface area (Å²) in [6, 6.07) is -1.38. The number of urea groups is 1. The van der Waals surface area contributed by atoms with Crippen molar-refractivity contribution in [2.45, 2.75) is 3.12 Å². The summed E-state index contributed by atoms with van der Waals surface area (Å²) in [5, 5.41) is 1.60. The first-order valence-corrected chi connectivity index (χ1v) is 8.32. The van der Waals surface area contributed by atoms with E-state index in [2.05, 4.69) is 11.8 Å². The van der Waals surface area contributed by atoms with Crippen LogP contribution in [0.2, 0.25) is 0 Å². The molecule has 0 saturated heterocycles. The maximum absolute atomic E-state index is 11.0. The molecular weight excluding hydrogens is 332 g/mol.